The summed E-state index contributed by atoms with van der Waals surface area (Å²) < 4.78 is 10.8. The van der Waals surface area contributed by atoms with Gasteiger partial charge in [-0.05, 0) is 128 Å². The van der Waals surface area contributed by atoms with E-state index in [9.17, 15) is 14.7 Å². The Morgan fingerprint density at radius 3 is 0.667 bits per heavy atom. The molecule has 0 aliphatic rings. The molecular weight excluding hydrogens is 1100 g/mol. The first-order valence-corrected chi connectivity index (χ1v) is 37.7. The average molecular weight is 1240 g/mol. The number of esters is 2. The second-order valence-electron chi connectivity index (χ2n) is 24.6. The maximum atomic E-state index is 12.4. The third kappa shape index (κ3) is 75.7. The van der Waals surface area contributed by atoms with Crippen LogP contribution in [0.2, 0.25) is 0 Å². The van der Waals surface area contributed by atoms with Gasteiger partial charge in [0.25, 0.3) is 0 Å². The van der Waals surface area contributed by atoms with Gasteiger partial charge in [0.2, 0.25) is 0 Å². The molecule has 0 saturated heterocycles. The largest absolute Gasteiger partial charge is 0.462 e. The molecule has 1 atom stereocenters. The SMILES string of the molecule is CC/C=C\C/C=C\C/C=C\C/C=C\C/C=C\C/C=C\C/C=C\CCCCCCCCCCCCCCCCCCCCCC(=O)OC(CO)COC(=O)CCCCCCCCCCCCCCC/C=C\C/C=C\C/C=C\C/C=C\C/C=C\C/C=C\C/C=C\CC. The topological polar surface area (TPSA) is 72.8 Å². The monoisotopic (exact) mass is 1240 g/mol. The number of unbranched alkanes of at least 4 members (excludes halogenated alkanes) is 32. The molecule has 0 fully saturated rings. The summed E-state index contributed by atoms with van der Waals surface area (Å²) in [5, 5.41) is 9.72. The highest BCUT2D eigenvalue weighted by atomic mass is 16.6. The molecule has 0 aliphatic carbocycles. The van der Waals surface area contributed by atoms with E-state index in [-0.39, 0.29) is 25.2 Å². The van der Waals surface area contributed by atoms with Crippen LogP contribution < -0.4 is 0 Å². The number of allylic oxidation sites excluding steroid dienone is 28. The average Bonchev–Trinajstić information content (AvgIpc) is 3.60. The van der Waals surface area contributed by atoms with Crippen LogP contribution in [0.5, 0.6) is 0 Å². The van der Waals surface area contributed by atoms with E-state index in [1.807, 2.05) is 0 Å². The molecule has 0 saturated carbocycles. The molecule has 0 aromatic heterocycles. The number of hydrogen-bond donors (Lipinski definition) is 1. The second-order valence-corrected chi connectivity index (χ2v) is 24.6. The first-order valence-electron chi connectivity index (χ1n) is 37.7. The van der Waals surface area contributed by atoms with Crippen LogP contribution in [0.1, 0.15) is 335 Å². The first kappa shape index (κ1) is 85.3. The molecule has 0 amide bonds. The number of aliphatic hydroxyl groups is 1. The normalized spacial score (nSPS) is 13.2. The minimum atomic E-state index is -0.782. The molecule has 1 N–H and O–H groups in total. The summed E-state index contributed by atoms with van der Waals surface area (Å²) in [7, 11) is 0. The molecule has 90 heavy (non-hydrogen) atoms. The summed E-state index contributed by atoms with van der Waals surface area (Å²) >= 11 is 0. The Morgan fingerprint density at radius 2 is 0.444 bits per heavy atom. The van der Waals surface area contributed by atoms with E-state index in [4.69, 9.17) is 9.47 Å². The Labute approximate surface area is 557 Å². The lowest BCUT2D eigenvalue weighted by molar-refractivity contribution is -0.161. The van der Waals surface area contributed by atoms with Crippen molar-refractivity contribution in [1.29, 1.82) is 0 Å². The quantitative estimate of drug-likeness (QED) is 0.0373. The molecule has 0 aliphatic heterocycles. The van der Waals surface area contributed by atoms with Crippen LogP contribution in [0.4, 0.5) is 0 Å². The minimum absolute atomic E-state index is 0.0711. The molecule has 0 aromatic carbocycles. The Bertz CT molecular complexity index is 1940. The Morgan fingerprint density at radius 1 is 0.256 bits per heavy atom. The van der Waals surface area contributed by atoms with Gasteiger partial charge in [-0.2, -0.15) is 0 Å². The van der Waals surface area contributed by atoms with E-state index >= 15 is 0 Å². The van der Waals surface area contributed by atoms with E-state index < -0.39 is 6.10 Å². The molecule has 0 heterocycles. The molecule has 0 aromatic rings. The van der Waals surface area contributed by atoms with Crippen LogP contribution in [0.25, 0.3) is 0 Å². The van der Waals surface area contributed by atoms with Gasteiger partial charge in [-0.25, -0.2) is 0 Å². The zero-order valence-electron chi connectivity index (χ0n) is 58.6. The molecule has 510 valence electrons. The Balaban J connectivity index is 3.49. The first-order chi connectivity index (χ1) is 44.6. The lowest BCUT2D eigenvalue weighted by atomic mass is 10.0. The van der Waals surface area contributed by atoms with E-state index in [1.165, 1.54) is 180 Å². The third-order valence-electron chi connectivity index (χ3n) is 16.0. The molecule has 0 bridgehead atoms. The van der Waals surface area contributed by atoms with Gasteiger partial charge in [0.05, 0.1) is 6.61 Å². The van der Waals surface area contributed by atoms with Crippen LogP contribution in [0, 0.1) is 0 Å². The van der Waals surface area contributed by atoms with Crippen molar-refractivity contribution in [3.63, 3.8) is 0 Å². The van der Waals surface area contributed by atoms with E-state index in [0.717, 1.165) is 128 Å². The van der Waals surface area contributed by atoms with Gasteiger partial charge in [0, 0.05) is 12.8 Å². The number of carbonyl (C=O) groups excluding carboxylic acids is 2. The van der Waals surface area contributed by atoms with Crippen LogP contribution in [0.15, 0.2) is 170 Å². The Kier molecular flexibility index (Phi) is 74.4. The van der Waals surface area contributed by atoms with Gasteiger partial charge >= 0.3 is 11.9 Å². The summed E-state index contributed by atoms with van der Waals surface area (Å²) in [5.41, 5.74) is 0. The molecular formula is C85H140O5. The van der Waals surface area contributed by atoms with Gasteiger partial charge in [0.1, 0.15) is 6.61 Å². The van der Waals surface area contributed by atoms with Crippen molar-refractivity contribution in [3.05, 3.63) is 170 Å². The van der Waals surface area contributed by atoms with Crippen molar-refractivity contribution in [2.24, 2.45) is 0 Å². The summed E-state index contributed by atoms with van der Waals surface area (Å²) in [5.74, 6) is -0.587. The van der Waals surface area contributed by atoms with Crippen molar-refractivity contribution in [2.75, 3.05) is 13.2 Å². The van der Waals surface area contributed by atoms with E-state index in [1.54, 1.807) is 0 Å². The highest BCUT2D eigenvalue weighted by Gasteiger charge is 2.16. The van der Waals surface area contributed by atoms with Crippen LogP contribution in [-0.2, 0) is 19.1 Å². The van der Waals surface area contributed by atoms with Gasteiger partial charge in [0.15, 0.2) is 6.10 Å². The highest BCUT2D eigenvalue weighted by molar-refractivity contribution is 5.70. The summed E-state index contributed by atoms with van der Waals surface area (Å²) in [6.07, 6.45) is 121. The van der Waals surface area contributed by atoms with Gasteiger partial charge in [-0.3, -0.25) is 9.59 Å². The number of aliphatic hydroxyl groups excluding tert-OH is 1. The maximum absolute atomic E-state index is 12.4. The lowest BCUT2D eigenvalue weighted by Gasteiger charge is -2.15. The minimum Gasteiger partial charge on any atom is -0.462 e. The summed E-state index contributed by atoms with van der Waals surface area (Å²) in [6, 6.07) is 0. The number of rotatable bonds is 68. The zero-order valence-corrected chi connectivity index (χ0v) is 58.6. The molecule has 5 heteroatoms. The maximum Gasteiger partial charge on any atom is 0.306 e. The van der Waals surface area contributed by atoms with Gasteiger partial charge in [-0.15, -0.1) is 0 Å². The number of hydrogen-bond acceptors (Lipinski definition) is 5. The van der Waals surface area contributed by atoms with Crippen LogP contribution >= 0.6 is 0 Å². The van der Waals surface area contributed by atoms with Crippen molar-refractivity contribution < 1.29 is 24.2 Å². The lowest BCUT2D eigenvalue weighted by Crippen LogP contribution is -2.28. The number of carbonyl (C=O) groups is 2. The van der Waals surface area contributed by atoms with Gasteiger partial charge < -0.3 is 14.6 Å². The van der Waals surface area contributed by atoms with E-state index in [0.29, 0.717) is 12.8 Å². The standard InChI is InChI=1S/C85H140O5/c1-3-5-7-9-11-13-15-17-19-21-23-25-27-29-31-33-35-37-39-40-41-42-43-44-46-48-50-52-54-56-58-60-62-64-66-68-70-72-74-76-78-80-85(88)90-83(81-86)82-89-84(87)79-77-75-73-71-69-67-65-63-61-59-57-55-53-51-49-47-45-38-36-34-32-30-28-26-24-22-20-18-16-14-12-10-8-6-4-2/h5-8,11-14,17-20,23-26,29-32,35-38,40-41,47,49,83,86H,3-4,9-10,15-16,21-22,27-28,33-34,39,42-46,48,50-82H2,1-2H3/b7-5-,8-6-,13-11-,14-12-,19-17-,20-18-,25-23-,26-24-,31-29-,32-30-,37-35-,38-36-,41-40-,49-47-. The second kappa shape index (κ2) is 78.5. The summed E-state index contributed by atoms with van der Waals surface area (Å²) in [4.78, 5) is 24.7. The van der Waals surface area contributed by atoms with E-state index in [2.05, 4.69) is 184 Å². The predicted molar refractivity (Wildman–Crippen MR) is 398 cm³/mol. The third-order valence-corrected chi connectivity index (χ3v) is 16.0. The van der Waals surface area contributed by atoms with Crippen molar-refractivity contribution >= 4 is 11.9 Å². The molecule has 0 rings (SSSR count). The van der Waals surface area contributed by atoms with Crippen molar-refractivity contribution in [1.82, 2.24) is 0 Å². The fourth-order valence-electron chi connectivity index (χ4n) is 10.5. The predicted octanol–water partition coefficient (Wildman–Crippen LogP) is 26.8. The fourth-order valence-corrected chi connectivity index (χ4v) is 10.5. The van der Waals surface area contributed by atoms with Crippen LogP contribution in [0.3, 0.4) is 0 Å². The van der Waals surface area contributed by atoms with Crippen molar-refractivity contribution in [2.45, 2.75) is 341 Å². The Hall–Kier alpha value is -4.74. The number of ether oxygens (including phenoxy) is 2. The molecule has 0 spiro atoms. The van der Waals surface area contributed by atoms with Gasteiger partial charge in [-0.1, -0.05) is 364 Å². The molecule has 5 nitrogen and oxygen atoms in total. The molecule has 0 radical (unpaired) electrons. The van der Waals surface area contributed by atoms with Crippen LogP contribution in [-0.4, -0.2) is 36.4 Å². The zero-order chi connectivity index (χ0) is 64.7. The summed E-state index contributed by atoms with van der Waals surface area (Å²) in [6.45, 7) is 3.93. The highest BCUT2D eigenvalue weighted by Crippen LogP contribution is 2.18. The van der Waals surface area contributed by atoms with Crippen molar-refractivity contribution in [3.8, 4) is 0 Å². The molecule has 1 unspecified atom stereocenters. The fraction of sp³-hybridized carbons (Fsp3) is 0.647. The smallest absolute Gasteiger partial charge is 0.306 e.